The first kappa shape index (κ1) is 22.2. The van der Waals surface area contributed by atoms with E-state index in [1.54, 1.807) is 6.92 Å². The molecule has 2 aromatic rings. The minimum atomic E-state index is -4.68. The molecule has 1 aliphatic heterocycles. The zero-order valence-electron chi connectivity index (χ0n) is 15.7. The highest BCUT2D eigenvalue weighted by Crippen LogP contribution is 2.31. The van der Waals surface area contributed by atoms with Gasteiger partial charge in [0.15, 0.2) is 6.61 Å². The summed E-state index contributed by atoms with van der Waals surface area (Å²) in [5.41, 5.74) is -0.906. The molecule has 168 valence electrons. The Balaban J connectivity index is 1.84. The number of rotatable bonds is 6. The second-order valence-electron chi connectivity index (χ2n) is 6.72. The molecule has 2 atom stereocenters. The number of hydrogen-bond acceptors (Lipinski definition) is 7. The van der Waals surface area contributed by atoms with Gasteiger partial charge in [-0.05, 0) is 13.3 Å². The van der Waals surface area contributed by atoms with Crippen LogP contribution in [-0.2, 0) is 0 Å². The largest absolute Gasteiger partial charge is 0.484 e. The summed E-state index contributed by atoms with van der Waals surface area (Å²) in [7, 11) is 0. The predicted molar refractivity (Wildman–Crippen MR) is 95.4 cm³/mol. The van der Waals surface area contributed by atoms with Crippen molar-refractivity contribution >= 4 is 23.2 Å². The molecule has 2 heterocycles. The molecule has 0 bridgehead atoms. The van der Waals surface area contributed by atoms with E-state index in [1.165, 1.54) is 0 Å². The Hall–Kier alpha value is -3.52. The summed E-state index contributed by atoms with van der Waals surface area (Å²) in [4.78, 5) is 26.5. The number of nitrogens with one attached hydrogen (secondary N) is 2. The first-order valence-electron chi connectivity index (χ1n) is 8.74. The van der Waals surface area contributed by atoms with E-state index in [1.807, 2.05) is 0 Å². The van der Waals surface area contributed by atoms with E-state index < -0.39 is 53.3 Å². The fourth-order valence-corrected chi connectivity index (χ4v) is 2.90. The van der Waals surface area contributed by atoms with Crippen molar-refractivity contribution in [3.05, 3.63) is 34.1 Å². The van der Waals surface area contributed by atoms with Gasteiger partial charge in [0.1, 0.15) is 11.8 Å². The third-order valence-electron chi connectivity index (χ3n) is 4.17. The van der Waals surface area contributed by atoms with Gasteiger partial charge < -0.3 is 15.4 Å². The van der Waals surface area contributed by atoms with Crippen molar-refractivity contribution < 1.29 is 36.4 Å². The minimum absolute atomic E-state index is 0.0415. The van der Waals surface area contributed by atoms with Crippen LogP contribution in [0.1, 0.15) is 30.0 Å². The van der Waals surface area contributed by atoms with Crippen molar-refractivity contribution in [2.24, 2.45) is 0 Å². The lowest BCUT2D eigenvalue weighted by atomic mass is 10.1. The van der Waals surface area contributed by atoms with E-state index in [9.17, 15) is 36.9 Å². The van der Waals surface area contributed by atoms with Crippen LogP contribution in [0.15, 0.2) is 18.2 Å². The fourth-order valence-electron chi connectivity index (χ4n) is 2.90. The third kappa shape index (κ3) is 5.35. The molecular formula is C16H15F5N6O4. The molecule has 1 aromatic carbocycles. The molecule has 3 rings (SSSR count). The number of non-ortho nitro benzene ring substituents is 1. The Bertz CT molecular complexity index is 995. The van der Waals surface area contributed by atoms with Crippen molar-refractivity contribution in [2.45, 2.75) is 38.0 Å². The molecule has 31 heavy (non-hydrogen) atoms. The van der Waals surface area contributed by atoms with Gasteiger partial charge in [-0.1, -0.05) is 0 Å². The van der Waals surface area contributed by atoms with Gasteiger partial charge in [-0.15, -0.1) is 5.10 Å². The summed E-state index contributed by atoms with van der Waals surface area (Å²) >= 11 is 0. The summed E-state index contributed by atoms with van der Waals surface area (Å²) in [6.07, 6.45) is -7.40. The summed E-state index contributed by atoms with van der Waals surface area (Å²) in [5.74, 6) is -2.08. The zero-order valence-corrected chi connectivity index (χ0v) is 15.7. The van der Waals surface area contributed by atoms with Gasteiger partial charge in [0.05, 0.1) is 16.7 Å². The van der Waals surface area contributed by atoms with Crippen LogP contribution < -0.4 is 15.4 Å². The van der Waals surface area contributed by atoms with Crippen LogP contribution in [0.5, 0.6) is 5.75 Å². The Morgan fingerprint density at radius 1 is 1.42 bits per heavy atom. The number of benzene rings is 1. The lowest BCUT2D eigenvalue weighted by Gasteiger charge is -2.28. The number of ether oxygens (including phenoxy) is 1. The van der Waals surface area contributed by atoms with Crippen molar-refractivity contribution in [3.8, 4) is 5.75 Å². The Kier molecular flexibility index (Phi) is 5.94. The monoisotopic (exact) mass is 450 g/mol. The molecule has 0 aliphatic carbocycles. The van der Waals surface area contributed by atoms with Crippen LogP contribution in [0.4, 0.5) is 39.3 Å². The van der Waals surface area contributed by atoms with Crippen molar-refractivity contribution in [2.75, 3.05) is 17.2 Å². The van der Waals surface area contributed by atoms with Crippen LogP contribution in [-0.4, -0.2) is 50.8 Å². The van der Waals surface area contributed by atoms with E-state index in [0.717, 1.165) is 22.9 Å². The number of nitrogens with zero attached hydrogens (tertiary/aromatic N) is 4. The lowest BCUT2D eigenvalue weighted by molar-refractivity contribution is -0.384. The van der Waals surface area contributed by atoms with Crippen molar-refractivity contribution in [3.63, 3.8) is 0 Å². The standard InChI is InChI=1S/C16H15F5N6O4/c1-7-2-11(12(17)18)26-15(22-7)24-13(25-26)14(28)23-8-3-9(27(29)30)5-10(4-8)31-6-16(19,20)21/h3-5,7,11-12H,2,6H2,1H3,(H,23,28)(H,22,24,25)/t7-,11+/m0/s1. The minimum Gasteiger partial charge on any atom is -0.484 e. The molecular weight excluding hydrogens is 435 g/mol. The van der Waals surface area contributed by atoms with Gasteiger partial charge in [0.25, 0.3) is 18.0 Å². The number of aromatic nitrogens is 3. The Labute approximate surface area is 170 Å². The number of hydrogen-bond donors (Lipinski definition) is 2. The van der Waals surface area contributed by atoms with Crippen LogP contribution >= 0.6 is 0 Å². The molecule has 2 N–H and O–H groups in total. The highest BCUT2D eigenvalue weighted by atomic mass is 19.4. The number of nitro groups is 1. The molecule has 1 aromatic heterocycles. The van der Waals surface area contributed by atoms with Gasteiger partial charge in [0, 0.05) is 18.2 Å². The number of anilines is 2. The molecule has 10 nitrogen and oxygen atoms in total. The van der Waals surface area contributed by atoms with Gasteiger partial charge in [-0.25, -0.2) is 13.5 Å². The maximum Gasteiger partial charge on any atom is 0.422 e. The Morgan fingerprint density at radius 2 is 2.13 bits per heavy atom. The normalized spacial score (nSPS) is 18.3. The average molecular weight is 450 g/mol. The number of carbonyl (C=O) groups is 1. The number of alkyl halides is 5. The maximum atomic E-state index is 13.3. The van der Waals surface area contributed by atoms with E-state index in [2.05, 4.69) is 25.5 Å². The number of amides is 1. The van der Waals surface area contributed by atoms with E-state index >= 15 is 0 Å². The molecule has 1 amide bonds. The lowest BCUT2D eigenvalue weighted by Crippen LogP contribution is -2.33. The summed E-state index contributed by atoms with van der Waals surface area (Å²) in [6, 6.07) is 0.927. The summed E-state index contributed by atoms with van der Waals surface area (Å²) < 4.78 is 69.0. The number of nitro benzene ring substituents is 1. The maximum absolute atomic E-state index is 13.3. The molecule has 1 aliphatic rings. The molecule has 0 fully saturated rings. The van der Waals surface area contributed by atoms with Gasteiger partial charge in [-0.3, -0.25) is 14.9 Å². The predicted octanol–water partition coefficient (Wildman–Crippen LogP) is 3.39. The van der Waals surface area contributed by atoms with Gasteiger partial charge in [-0.2, -0.15) is 18.2 Å². The number of fused-ring (bicyclic) bond motifs is 1. The van der Waals surface area contributed by atoms with E-state index in [4.69, 9.17) is 0 Å². The quantitative estimate of drug-likeness (QED) is 0.393. The average Bonchev–Trinajstić information content (AvgIpc) is 3.08. The smallest absolute Gasteiger partial charge is 0.422 e. The van der Waals surface area contributed by atoms with Gasteiger partial charge in [0.2, 0.25) is 11.8 Å². The highest BCUT2D eigenvalue weighted by Gasteiger charge is 2.34. The van der Waals surface area contributed by atoms with Crippen molar-refractivity contribution in [1.82, 2.24) is 14.8 Å². The molecule has 0 radical (unpaired) electrons. The summed E-state index contributed by atoms with van der Waals surface area (Å²) in [6.45, 7) is -0.0470. The Morgan fingerprint density at radius 3 is 2.74 bits per heavy atom. The first-order chi connectivity index (χ1) is 14.4. The van der Waals surface area contributed by atoms with Crippen molar-refractivity contribution in [1.29, 1.82) is 0 Å². The molecule has 0 saturated carbocycles. The molecule has 0 unspecified atom stereocenters. The number of halogens is 5. The zero-order chi connectivity index (χ0) is 22.9. The summed E-state index contributed by atoms with van der Waals surface area (Å²) in [5, 5.41) is 19.8. The van der Waals surface area contributed by atoms with Crippen LogP contribution in [0, 0.1) is 10.1 Å². The highest BCUT2D eigenvalue weighted by molar-refractivity contribution is 6.02. The van der Waals surface area contributed by atoms with E-state index in [0.29, 0.717) is 0 Å². The topological polar surface area (TPSA) is 124 Å². The van der Waals surface area contributed by atoms with E-state index in [-0.39, 0.29) is 24.1 Å². The second-order valence-corrected chi connectivity index (χ2v) is 6.72. The molecule has 15 heteroatoms. The number of carbonyl (C=O) groups excluding carboxylic acids is 1. The van der Waals surface area contributed by atoms with Crippen LogP contribution in [0.2, 0.25) is 0 Å². The fraction of sp³-hybridized carbons (Fsp3) is 0.438. The van der Waals surface area contributed by atoms with Gasteiger partial charge >= 0.3 is 6.18 Å². The second kappa shape index (κ2) is 8.31. The third-order valence-corrected chi connectivity index (χ3v) is 4.17. The molecule has 0 saturated heterocycles. The van der Waals surface area contributed by atoms with Crippen LogP contribution in [0.25, 0.3) is 0 Å². The molecule has 0 spiro atoms. The first-order valence-corrected chi connectivity index (χ1v) is 8.74. The van der Waals surface area contributed by atoms with Crippen LogP contribution in [0.3, 0.4) is 0 Å². The SMILES string of the molecule is C[C@H]1C[C@H](C(F)F)n2nc(C(=O)Nc3cc(OCC(F)(F)F)cc([N+](=O)[O-])c3)nc2N1.